The van der Waals surface area contributed by atoms with Crippen LogP contribution in [0.3, 0.4) is 0 Å². The Kier molecular flexibility index (Phi) is 10.6. The van der Waals surface area contributed by atoms with Crippen LogP contribution in [0.1, 0.15) is 35.6 Å². The summed E-state index contributed by atoms with van der Waals surface area (Å²) in [6, 6.07) is 29.9. The van der Waals surface area contributed by atoms with Gasteiger partial charge in [-0.2, -0.15) is 0 Å². The first-order valence-corrected chi connectivity index (χ1v) is 17.0. The summed E-state index contributed by atoms with van der Waals surface area (Å²) in [6.07, 6.45) is 5.48. The second-order valence-corrected chi connectivity index (χ2v) is 12.8. The van der Waals surface area contributed by atoms with Crippen LogP contribution in [-0.2, 0) is 39.5 Å². The second kappa shape index (κ2) is 15.5. The minimum absolute atomic E-state index is 0.0425. The smallest absolute Gasteiger partial charge is 0.264 e. The number of H-pyrrole nitrogens is 1. The van der Waals surface area contributed by atoms with Gasteiger partial charge < -0.3 is 35.1 Å². The third kappa shape index (κ3) is 7.57. The van der Waals surface area contributed by atoms with Gasteiger partial charge in [-0.15, -0.1) is 0 Å². The van der Waals surface area contributed by atoms with Crippen molar-refractivity contribution in [3.63, 3.8) is 0 Å². The number of benzene rings is 4. The summed E-state index contributed by atoms with van der Waals surface area (Å²) < 4.78 is 5.44. The molecular formula is C41H42N4O6. The number of hydrogen-bond donors (Lipinski definition) is 4. The van der Waals surface area contributed by atoms with Gasteiger partial charge in [-0.3, -0.25) is 14.4 Å². The predicted octanol–water partition coefficient (Wildman–Crippen LogP) is 5.70. The number of methoxy groups -OCH3 is 1. The van der Waals surface area contributed by atoms with E-state index in [1.165, 1.54) is 7.11 Å². The molecular weight excluding hydrogens is 644 g/mol. The number of fused-ring (bicyclic) bond motifs is 2. The Morgan fingerprint density at radius 2 is 1.75 bits per heavy atom. The van der Waals surface area contributed by atoms with Crippen LogP contribution in [-0.4, -0.2) is 58.1 Å². The van der Waals surface area contributed by atoms with Crippen molar-refractivity contribution >= 4 is 40.0 Å². The summed E-state index contributed by atoms with van der Waals surface area (Å²) in [4.78, 5) is 46.4. The Hall–Kier alpha value is -5.71. The zero-order valence-corrected chi connectivity index (χ0v) is 28.7. The molecule has 0 unspecified atom stereocenters. The Morgan fingerprint density at radius 1 is 1.00 bits per heavy atom. The summed E-state index contributed by atoms with van der Waals surface area (Å²) in [5.41, 5.74) is 3.36. The van der Waals surface area contributed by atoms with Crippen LogP contribution in [0.25, 0.3) is 10.9 Å². The van der Waals surface area contributed by atoms with Gasteiger partial charge in [-0.1, -0.05) is 79.7 Å². The van der Waals surface area contributed by atoms with E-state index in [0.29, 0.717) is 29.2 Å². The lowest BCUT2D eigenvalue weighted by Gasteiger charge is -2.28. The van der Waals surface area contributed by atoms with Crippen molar-refractivity contribution in [3.05, 3.63) is 138 Å². The summed E-state index contributed by atoms with van der Waals surface area (Å²) >= 11 is 0. The monoisotopic (exact) mass is 686 g/mol. The zero-order valence-electron chi connectivity index (χ0n) is 28.7. The first-order chi connectivity index (χ1) is 24.7. The molecule has 0 saturated heterocycles. The van der Waals surface area contributed by atoms with Crippen LogP contribution in [0.4, 0.5) is 11.4 Å². The Bertz CT molecular complexity index is 2040. The number of rotatable bonds is 14. The van der Waals surface area contributed by atoms with Crippen LogP contribution in [0.5, 0.6) is 5.75 Å². The van der Waals surface area contributed by atoms with Crippen molar-refractivity contribution in [3.8, 4) is 5.75 Å². The largest absolute Gasteiger partial charge is 0.497 e. The fraction of sp³-hybridized carbons (Fsp3) is 0.244. The Labute approximate surface area is 297 Å². The van der Waals surface area contributed by atoms with E-state index >= 15 is 0 Å². The van der Waals surface area contributed by atoms with E-state index in [-0.39, 0.29) is 44.4 Å². The van der Waals surface area contributed by atoms with E-state index in [9.17, 15) is 24.6 Å². The van der Waals surface area contributed by atoms with Gasteiger partial charge in [0.2, 0.25) is 11.8 Å². The lowest BCUT2D eigenvalue weighted by atomic mass is 9.83. The van der Waals surface area contributed by atoms with Gasteiger partial charge in [0.15, 0.2) is 5.60 Å². The highest BCUT2D eigenvalue weighted by Gasteiger charge is 2.52. The van der Waals surface area contributed by atoms with Crippen LogP contribution in [0.2, 0.25) is 0 Å². The quantitative estimate of drug-likeness (QED) is 0.111. The highest BCUT2D eigenvalue weighted by atomic mass is 16.5. The van der Waals surface area contributed by atoms with Crippen molar-refractivity contribution < 1.29 is 29.3 Å². The van der Waals surface area contributed by atoms with E-state index in [1.807, 2.05) is 72.9 Å². The minimum Gasteiger partial charge on any atom is -0.497 e. The number of anilines is 2. The summed E-state index contributed by atoms with van der Waals surface area (Å²) in [7, 11) is 1.53. The van der Waals surface area contributed by atoms with Crippen LogP contribution in [0, 0.1) is 5.92 Å². The zero-order chi connectivity index (χ0) is 36.0. The number of para-hydroxylation sites is 1. The minimum atomic E-state index is -1.91. The molecule has 10 nitrogen and oxygen atoms in total. The number of nitrogens with one attached hydrogen (secondary N) is 2. The molecule has 3 amide bonds. The Morgan fingerprint density at radius 3 is 2.49 bits per heavy atom. The maximum atomic E-state index is 14.1. The van der Waals surface area contributed by atoms with Crippen molar-refractivity contribution in [2.24, 2.45) is 5.92 Å². The molecule has 1 aliphatic heterocycles. The van der Waals surface area contributed by atoms with Crippen molar-refractivity contribution in [1.82, 2.24) is 9.88 Å². The SMILES string of the molecule is COc1ccc2c(c1)[C@@](O)([C@H](C)/C=C/CC(=O)N(CCO)Cc1ccccc1)C(=O)N2Cc1ccc(NC(=O)Cc2c[nH]c3ccccc23)cc1. The van der Waals surface area contributed by atoms with E-state index in [1.54, 1.807) is 59.2 Å². The summed E-state index contributed by atoms with van der Waals surface area (Å²) in [5.74, 6) is -1.000. The lowest BCUT2D eigenvalue weighted by molar-refractivity contribution is -0.139. The fourth-order valence-electron chi connectivity index (χ4n) is 6.60. The van der Waals surface area contributed by atoms with E-state index < -0.39 is 17.4 Å². The molecule has 1 aromatic heterocycles. The predicted molar refractivity (Wildman–Crippen MR) is 197 cm³/mol. The molecule has 5 aromatic rings. The number of aliphatic hydroxyl groups excluding tert-OH is 1. The number of amides is 3. The molecule has 0 radical (unpaired) electrons. The molecule has 0 spiro atoms. The number of nitrogens with zero attached hydrogens (tertiary/aromatic N) is 2. The number of aliphatic hydroxyl groups is 2. The van der Waals surface area contributed by atoms with Gasteiger partial charge >= 0.3 is 0 Å². The molecule has 0 fully saturated rings. The highest BCUT2D eigenvalue weighted by Crippen LogP contribution is 2.47. The number of aromatic amines is 1. The average molecular weight is 687 g/mol. The molecule has 0 aliphatic carbocycles. The van der Waals surface area contributed by atoms with E-state index in [2.05, 4.69) is 10.3 Å². The van der Waals surface area contributed by atoms with Crippen LogP contribution >= 0.6 is 0 Å². The maximum absolute atomic E-state index is 14.1. The third-order valence-corrected chi connectivity index (χ3v) is 9.40. The lowest BCUT2D eigenvalue weighted by Crippen LogP contribution is -2.44. The first-order valence-electron chi connectivity index (χ1n) is 17.0. The highest BCUT2D eigenvalue weighted by molar-refractivity contribution is 6.07. The number of ether oxygens (including phenoxy) is 1. The molecule has 51 heavy (non-hydrogen) atoms. The van der Waals surface area contributed by atoms with E-state index in [4.69, 9.17) is 4.74 Å². The van der Waals surface area contributed by atoms with Gasteiger partial charge in [0, 0.05) is 53.8 Å². The topological polar surface area (TPSA) is 135 Å². The number of carbonyl (C=O) groups excluding carboxylic acids is 3. The number of aromatic nitrogens is 1. The first kappa shape index (κ1) is 35.1. The van der Waals surface area contributed by atoms with Gasteiger partial charge in [0.25, 0.3) is 5.91 Å². The molecule has 1 aliphatic rings. The van der Waals surface area contributed by atoms with Crippen LogP contribution < -0.4 is 15.0 Å². The van der Waals surface area contributed by atoms with Gasteiger partial charge in [0.1, 0.15) is 5.75 Å². The molecule has 2 atom stereocenters. The van der Waals surface area contributed by atoms with Crippen molar-refractivity contribution in [2.45, 2.75) is 38.5 Å². The summed E-state index contributed by atoms with van der Waals surface area (Å²) in [6.45, 7) is 2.33. The molecule has 4 N–H and O–H groups in total. The normalized spacial score (nSPS) is 16.0. The fourth-order valence-corrected chi connectivity index (χ4v) is 6.60. The average Bonchev–Trinajstić information content (AvgIpc) is 3.64. The molecule has 6 rings (SSSR count). The Balaban J connectivity index is 1.14. The van der Waals surface area contributed by atoms with Crippen molar-refractivity contribution in [2.75, 3.05) is 30.5 Å². The molecule has 2 heterocycles. The number of hydrogen-bond acceptors (Lipinski definition) is 6. The van der Waals surface area contributed by atoms with Gasteiger partial charge in [-0.05, 0) is 53.1 Å². The molecule has 0 bridgehead atoms. The molecule has 10 heteroatoms. The van der Waals surface area contributed by atoms with Crippen LogP contribution in [0.15, 0.2) is 115 Å². The van der Waals surface area contributed by atoms with E-state index in [0.717, 1.165) is 27.6 Å². The molecule has 262 valence electrons. The third-order valence-electron chi connectivity index (χ3n) is 9.40. The number of carbonyl (C=O) groups is 3. The molecule has 0 saturated carbocycles. The molecule has 4 aromatic carbocycles. The van der Waals surface area contributed by atoms with Gasteiger partial charge in [-0.25, -0.2) is 0 Å². The second-order valence-electron chi connectivity index (χ2n) is 12.8. The summed E-state index contributed by atoms with van der Waals surface area (Å²) in [5, 5.41) is 25.7. The standard InChI is InChI=1S/C41H42N4O6/c1-28(9-8-14-39(48)44(21-22-46)26-29-10-4-3-5-11-29)41(50)35-24-33(51-2)19-20-37(35)45(40(41)49)27-30-15-17-32(18-16-30)43-38(47)23-31-25-42-36-13-7-6-12-34(31)36/h3-13,15-20,24-25,28,42,46,50H,14,21-23,26-27H2,1-2H3,(H,43,47)/b9-8+/t28-,41+/m1/s1. The maximum Gasteiger partial charge on any atom is 0.264 e. The van der Waals surface area contributed by atoms with Gasteiger partial charge in [0.05, 0.1) is 32.4 Å². The van der Waals surface area contributed by atoms with Crippen molar-refractivity contribution in [1.29, 1.82) is 0 Å².